The van der Waals surface area contributed by atoms with Gasteiger partial charge in [0.15, 0.2) is 0 Å². The second-order valence-corrected chi connectivity index (χ2v) is 5.52. The highest BCUT2D eigenvalue weighted by molar-refractivity contribution is 6.33. The van der Waals surface area contributed by atoms with Gasteiger partial charge in [-0.05, 0) is 51.1 Å². The van der Waals surface area contributed by atoms with Crippen LogP contribution in [0.1, 0.15) is 31.9 Å². The molecule has 0 aromatic heterocycles. The largest absolute Gasteiger partial charge is 0.379 e. The minimum absolute atomic E-state index is 0.121. The third-order valence-electron chi connectivity index (χ3n) is 2.93. The summed E-state index contributed by atoms with van der Waals surface area (Å²) < 4.78 is 5.45. The Morgan fingerprint density at radius 1 is 1.35 bits per heavy atom. The first-order valence-electron chi connectivity index (χ1n) is 5.57. The first kappa shape index (κ1) is 14.8. The van der Waals surface area contributed by atoms with Crippen molar-refractivity contribution in [3.63, 3.8) is 0 Å². The lowest BCUT2D eigenvalue weighted by molar-refractivity contribution is 0.00745. The molecule has 1 aromatic rings. The molecule has 0 amide bonds. The minimum atomic E-state index is -0.209. The molecule has 4 heteroatoms. The van der Waals surface area contributed by atoms with Crippen molar-refractivity contribution in [2.24, 2.45) is 0 Å². The number of ether oxygens (including phenoxy) is 1. The number of rotatable bonds is 5. The van der Waals surface area contributed by atoms with Crippen molar-refractivity contribution in [1.82, 2.24) is 5.32 Å². The van der Waals surface area contributed by atoms with Gasteiger partial charge in [0.25, 0.3) is 0 Å². The molecule has 0 saturated heterocycles. The van der Waals surface area contributed by atoms with Crippen molar-refractivity contribution in [2.75, 3.05) is 14.2 Å². The first-order valence-corrected chi connectivity index (χ1v) is 6.32. The summed E-state index contributed by atoms with van der Waals surface area (Å²) >= 11 is 12.2. The quantitative estimate of drug-likeness (QED) is 0.875. The Morgan fingerprint density at radius 2 is 2.00 bits per heavy atom. The molecular weight excluding hydrogens is 257 g/mol. The first-order chi connectivity index (χ1) is 7.89. The summed E-state index contributed by atoms with van der Waals surface area (Å²) in [4.78, 5) is 0. The fourth-order valence-corrected chi connectivity index (χ4v) is 2.15. The van der Waals surface area contributed by atoms with E-state index in [9.17, 15) is 0 Å². The fourth-order valence-electron chi connectivity index (χ4n) is 1.72. The molecule has 17 heavy (non-hydrogen) atoms. The predicted molar refractivity (Wildman–Crippen MR) is 74.0 cm³/mol. The van der Waals surface area contributed by atoms with Crippen LogP contribution in [-0.2, 0) is 4.74 Å². The summed E-state index contributed by atoms with van der Waals surface area (Å²) in [5.41, 5.74) is 0.797. The van der Waals surface area contributed by atoms with E-state index in [1.807, 2.05) is 19.2 Å². The monoisotopic (exact) mass is 275 g/mol. The number of nitrogens with one attached hydrogen (secondary N) is 1. The molecule has 96 valence electrons. The van der Waals surface area contributed by atoms with Crippen molar-refractivity contribution >= 4 is 23.2 Å². The summed E-state index contributed by atoms with van der Waals surface area (Å²) in [5, 5.41) is 4.67. The van der Waals surface area contributed by atoms with E-state index in [1.54, 1.807) is 13.2 Å². The van der Waals surface area contributed by atoms with Gasteiger partial charge in [-0.2, -0.15) is 0 Å². The van der Waals surface area contributed by atoms with E-state index in [0.717, 1.165) is 17.0 Å². The Bertz CT molecular complexity index is 380. The normalized spacial score (nSPS) is 13.8. The predicted octanol–water partition coefficient (Wildman–Crippen LogP) is 4.07. The summed E-state index contributed by atoms with van der Waals surface area (Å²) in [6.07, 6.45) is 0.820. The molecule has 1 rings (SSSR count). The summed E-state index contributed by atoms with van der Waals surface area (Å²) in [6.45, 7) is 4.10. The maximum absolute atomic E-state index is 6.20. The highest BCUT2D eigenvalue weighted by atomic mass is 35.5. The van der Waals surface area contributed by atoms with Crippen molar-refractivity contribution in [2.45, 2.75) is 31.9 Å². The second-order valence-electron chi connectivity index (χ2n) is 4.68. The van der Waals surface area contributed by atoms with Crippen molar-refractivity contribution in [3.05, 3.63) is 33.8 Å². The maximum Gasteiger partial charge on any atom is 0.0640 e. The van der Waals surface area contributed by atoms with Crippen molar-refractivity contribution in [1.29, 1.82) is 0 Å². The second kappa shape index (κ2) is 6.05. The Morgan fingerprint density at radius 3 is 2.53 bits per heavy atom. The molecule has 1 unspecified atom stereocenters. The third kappa shape index (κ3) is 4.14. The van der Waals surface area contributed by atoms with E-state index in [2.05, 4.69) is 19.2 Å². The number of benzene rings is 1. The molecule has 0 bridgehead atoms. The molecule has 0 aliphatic rings. The Balaban J connectivity index is 2.97. The molecule has 1 atom stereocenters. The summed E-state index contributed by atoms with van der Waals surface area (Å²) in [5.74, 6) is 0. The molecule has 1 aromatic carbocycles. The number of halogens is 2. The Kier molecular flexibility index (Phi) is 5.26. The lowest BCUT2D eigenvalue weighted by Gasteiger charge is -2.29. The van der Waals surface area contributed by atoms with Gasteiger partial charge in [-0.15, -0.1) is 0 Å². The molecular formula is C13H19Cl2NO. The summed E-state index contributed by atoms with van der Waals surface area (Å²) in [6, 6.07) is 5.64. The van der Waals surface area contributed by atoms with Gasteiger partial charge in [0.1, 0.15) is 0 Å². The van der Waals surface area contributed by atoms with Crippen LogP contribution in [0.15, 0.2) is 18.2 Å². The van der Waals surface area contributed by atoms with E-state index >= 15 is 0 Å². The molecule has 0 radical (unpaired) electrons. The molecule has 0 aliphatic heterocycles. The summed E-state index contributed by atoms with van der Waals surface area (Å²) in [7, 11) is 3.62. The average Bonchev–Trinajstić information content (AvgIpc) is 2.29. The maximum atomic E-state index is 6.20. The van der Waals surface area contributed by atoms with Gasteiger partial charge in [0.2, 0.25) is 0 Å². The lowest BCUT2D eigenvalue weighted by atomic mass is 9.93. The molecule has 0 fully saturated rings. The van der Waals surface area contributed by atoms with Crippen molar-refractivity contribution < 1.29 is 4.74 Å². The van der Waals surface area contributed by atoms with Gasteiger partial charge in [-0.3, -0.25) is 0 Å². The number of methoxy groups -OCH3 is 1. The standard InChI is InChI=1S/C13H19Cl2NO/c1-13(2,17-4)8-12(16-3)10-7-9(14)5-6-11(10)15/h5-7,12,16H,8H2,1-4H3. The number of hydrogen-bond donors (Lipinski definition) is 1. The minimum Gasteiger partial charge on any atom is -0.379 e. The van der Waals surface area contributed by atoms with E-state index in [-0.39, 0.29) is 11.6 Å². The van der Waals surface area contributed by atoms with Crippen LogP contribution in [0.3, 0.4) is 0 Å². The van der Waals surface area contributed by atoms with E-state index in [1.165, 1.54) is 0 Å². The van der Waals surface area contributed by atoms with Gasteiger partial charge in [-0.1, -0.05) is 23.2 Å². The smallest absolute Gasteiger partial charge is 0.0640 e. The van der Waals surface area contributed by atoms with Gasteiger partial charge < -0.3 is 10.1 Å². The molecule has 0 aliphatic carbocycles. The van der Waals surface area contributed by atoms with Gasteiger partial charge in [0.05, 0.1) is 5.60 Å². The van der Waals surface area contributed by atoms with Crippen LogP contribution in [0.4, 0.5) is 0 Å². The SMILES string of the molecule is CNC(CC(C)(C)OC)c1cc(Cl)ccc1Cl. The number of hydrogen-bond acceptors (Lipinski definition) is 2. The fraction of sp³-hybridized carbons (Fsp3) is 0.538. The molecule has 0 heterocycles. The van der Waals surface area contributed by atoms with Crippen molar-refractivity contribution in [3.8, 4) is 0 Å². The van der Waals surface area contributed by atoms with Crippen LogP contribution in [-0.4, -0.2) is 19.8 Å². The van der Waals surface area contributed by atoms with Crippen LogP contribution in [0.25, 0.3) is 0 Å². The van der Waals surface area contributed by atoms with Crippen LogP contribution >= 0.6 is 23.2 Å². The highest BCUT2D eigenvalue weighted by Gasteiger charge is 2.24. The van der Waals surface area contributed by atoms with Crippen LogP contribution < -0.4 is 5.32 Å². The average molecular weight is 276 g/mol. The molecule has 0 spiro atoms. The zero-order chi connectivity index (χ0) is 13.1. The van der Waals surface area contributed by atoms with Gasteiger partial charge in [0, 0.05) is 23.2 Å². The highest BCUT2D eigenvalue weighted by Crippen LogP contribution is 2.32. The van der Waals surface area contributed by atoms with Crippen LogP contribution in [0.5, 0.6) is 0 Å². The topological polar surface area (TPSA) is 21.3 Å². The lowest BCUT2D eigenvalue weighted by Crippen LogP contribution is -2.30. The molecule has 0 saturated carbocycles. The zero-order valence-electron chi connectivity index (χ0n) is 10.7. The molecule has 2 nitrogen and oxygen atoms in total. The van der Waals surface area contributed by atoms with E-state index < -0.39 is 0 Å². The van der Waals surface area contributed by atoms with Crippen LogP contribution in [0.2, 0.25) is 10.0 Å². The van der Waals surface area contributed by atoms with Gasteiger partial charge >= 0.3 is 0 Å². The van der Waals surface area contributed by atoms with E-state index in [0.29, 0.717) is 5.02 Å². The molecule has 1 N–H and O–H groups in total. The zero-order valence-corrected chi connectivity index (χ0v) is 12.2. The third-order valence-corrected chi connectivity index (χ3v) is 3.51. The Labute approximate surface area is 113 Å². The van der Waals surface area contributed by atoms with Gasteiger partial charge in [-0.25, -0.2) is 0 Å². The van der Waals surface area contributed by atoms with E-state index in [4.69, 9.17) is 27.9 Å². The van der Waals surface area contributed by atoms with Crippen LogP contribution in [0, 0.1) is 0 Å². The Hall–Kier alpha value is -0.280.